The van der Waals surface area contributed by atoms with Crippen LogP contribution in [-0.4, -0.2) is 39.7 Å². The number of halogens is 1. The van der Waals surface area contributed by atoms with E-state index >= 15 is 0 Å². The molecule has 7 nitrogen and oxygen atoms in total. The monoisotopic (exact) mass is 539 g/mol. The number of nitrogens with one attached hydrogen (secondary N) is 2. The molecule has 3 rings (SSSR count). The van der Waals surface area contributed by atoms with Crippen LogP contribution in [0.25, 0.3) is 5.69 Å². The first-order chi connectivity index (χ1) is 16.4. The van der Waals surface area contributed by atoms with Crippen LogP contribution in [0.15, 0.2) is 59.1 Å². The van der Waals surface area contributed by atoms with Crippen molar-refractivity contribution in [3.63, 3.8) is 0 Å². The highest BCUT2D eigenvalue weighted by Crippen LogP contribution is 2.27. The van der Waals surface area contributed by atoms with Crippen LogP contribution in [0.5, 0.6) is 0 Å². The number of amides is 3. The fourth-order valence-electron chi connectivity index (χ4n) is 3.61. The Kier molecular flexibility index (Phi) is 8.38. The molecule has 0 saturated carbocycles. The van der Waals surface area contributed by atoms with E-state index < -0.39 is 0 Å². The number of rotatable bonds is 7. The van der Waals surface area contributed by atoms with Gasteiger partial charge in [-0.1, -0.05) is 74.8 Å². The second kappa shape index (κ2) is 11.1. The molecule has 0 fully saturated rings. The van der Waals surface area contributed by atoms with E-state index in [0.717, 1.165) is 21.4 Å². The predicted molar refractivity (Wildman–Crippen MR) is 145 cm³/mol. The fraction of sp³-hybridized carbons (Fsp3) is 0.370. The first-order valence-corrected chi connectivity index (χ1v) is 12.5. The van der Waals surface area contributed by atoms with Crippen molar-refractivity contribution in [1.82, 2.24) is 14.7 Å². The number of nitrogens with zero attached hydrogens (tertiary/aromatic N) is 3. The van der Waals surface area contributed by atoms with Crippen molar-refractivity contribution < 1.29 is 9.59 Å². The lowest BCUT2D eigenvalue weighted by Gasteiger charge is -2.24. The van der Waals surface area contributed by atoms with E-state index in [0.29, 0.717) is 18.1 Å². The minimum absolute atomic E-state index is 0.0815. The lowest BCUT2D eigenvalue weighted by atomic mass is 9.92. The van der Waals surface area contributed by atoms with Gasteiger partial charge in [-0.15, -0.1) is 0 Å². The average molecular weight is 541 g/mol. The minimum atomic E-state index is -0.324. The summed E-state index contributed by atoms with van der Waals surface area (Å²) in [4.78, 5) is 27.7. The molecule has 35 heavy (non-hydrogen) atoms. The van der Waals surface area contributed by atoms with E-state index in [1.54, 1.807) is 4.68 Å². The van der Waals surface area contributed by atoms with Crippen molar-refractivity contribution in [1.29, 1.82) is 0 Å². The van der Waals surface area contributed by atoms with E-state index in [9.17, 15) is 9.59 Å². The number of hydrogen-bond acceptors (Lipinski definition) is 3. The predicted octanol–water partition coefficient (Wildman–Crippen LogP) is 6.37. The summed E-state index contributed by atoms with van der Waals surface area (Å²) >= 11 is 3.42. The Balaban J connectivity index is 1.83. The van der Waals surface area contributed by atoms with E-state index in [-0.39, 0.29) is 29.8 Å². The molecular formula is C27H34BrN5O2. The number of anilines is 2. The third kappa shape index (κ3) is 7.18. The van der Waals surface area contributed by atoms with E-state index in [4.69, 9.17) is 5.10 Å². The minimum Gasteiger partial charge on any atom is -0.315 e. The molecule has 0 bridgehead atoms. The van der Waals surface area contributed by atoms with Crippen molar-refractivity contribution in [2.45, 2.75) is 47.0 Å². The topological polar surface area (TPSA) is 79.3 Å². The van der Waals surface area contributed by atoms with Gasteiger partial charge < -0.3 is 15.5 Å². The molecule has 1 heterocycles. The van der Waals surface area contributed by atoms with Crippen LogP contribution < -0.4 is 10.6 Å². The number of aryl methyl sites for hydroxylation is 1. The molecule has 2 N–H and O–H groups in total. The smallest absolute Gasteiger partial charge is 0.315 e. The molecule has 0 atom stereocenters. The Bertz CT molecular complexity index is 1200. The summed E-state index contributed by atoms with van der Waals surface area (Å²) in [6.07, 6.45) is 0. The summed E-state index contributed by atoms with van der Waals surface area (Å²) in [5, 5.41) is 10.7. The molecule has 0 spiro atoms. The molecule has 0 unspecified atom stereocenters. The van der Waals surface area contributed by atoms with E-state index in [1.165, 1.54) is 4.90 Å². The average Bonchev–Trinajstić information content (AvgIpc) is 3.17. The highest BCUT2D eigenvalue weighted by molar-refractivity contribution is 9.10. The second-order valence-corrected chi connectivity index (χ2v) is 11.0. The number of aromatic nitrogens is 2. The normalized spacial score (nSPS) is 11.4. The molecule has 8 heteroatoms. The summed E-state index contributed by atoms with van der Waals surface area (Å²) in [5.74, 6) is 0.484. The lowest BCUT2D eigenvalue weighted by molar-refractivity contribution is -0.116. The first-order valence-electron chi connectivity index (χ1n) is 11.7. The van der Waals surface area contributed by atoms with Gasteiger partial charge in [0.25, 0.3) is 0 Å². The van der Waals surface area contributed by atoms with Gasteiger partial charge >= 0.3 is 6.03 Å². The molecule has 3 amide bonds. The maximum Gasteiger partial charge on any atom is 0.322 e. The van der Waals surface area contributed by atoms with Crippen LogP contribution in [0, 0.1) is 12.8 Å². The first kappa shape index (κ1) is 26.5. The maximum absolute atomic E-state index is 13.2. The number of benzene rings is 2. The van der Waals surface area contributed by atoms with Crippen LogP contribution in [0.1, 0.15) is 45.9 Å². The van der Waals surface area contributed by atoms with Crippen molar-refractivity contribution in [2.24, 2.45) is 5.92 Å². The zero-order chi connectivity index (χ0) is 25.8. The zero-order valence-electron chi connectivity index (χ0n) is 21.2. The van der Waals surface area contributed by atoms with Gasteiger partial charge in [-0.25, -0.2) is 9.48 Å². The Labute approximate surface area is 216 Å². The SMILES string of the molecule is Cc1ccccc1-n1nc(C(C)(C)C)cc1NC(=O)CN(CC(C)C)C(=O)Nc1cccc(Br)c1. The van der Waals surface area contributed by atoms with Crippen molar-refractivity contribution in [3.05, 3.63) is 70.3 Å². The maximum atomic E-state index is 13.2. The van der Waals surface area contributed by atoms with Gasteiger partial charge in [-0.05, 0) is 42.7 Å². The molecule has 3 aromatic rings. The van der Waals surface area contributed by atoms with Crippen molar-refractivity contribution >= 4 is 39.4 Å². The van der Waals surface area contributed by atoms with Gasteiger partial charge in [0.15, 0.2) is 0 Å². The number of urea groups is 1. The van der Waals surface area contributed by atoms with Crippen LogP contribution in [-0.2, 0) is 10.2 Å². The lowest BCUT2D eigenvalue weighted by Crippen LogP contribution is -2.42. The van der Waals surface area contributed by atoms with Gasteiger partial charge in [0.2, 0.25) is 5.91 Å². The highest BCUT2D eigenvalue weighted by atomic mass is 79.9. The third-order valence-corrected chi connectivity index (χ3v) is 5.87. The number of carbonyl (C=O) groups excluding carboxylic acids is 2. The van der Waals surface area contributed by atoms with Crippen LogP contribution in [0.4, 0.5) is 16.3 Å². The van der Waals surface area contributed by atoms with Gasteiger partial charge in [0.1, 0.15) is 12.4 Å². The summed E-state index contributed by atoms with van der Waals surface area (Å²) in [6, 6.07) is 16.8. The molecule has 0 saturated heterocycles. The molecular weight excluding hydrogens is 506 g/mol. The molecule has 0 aliphatic rings. The Morgan fingerprint density at radius 1 is 1.06 bits per heavy atom. The molecule has 0 aliphatic heterocycles. The van der Waals surface area contributed by atoms with Gasteiger partial charge in [-0.2, -0.15) is 5.10 Å². The van der Waals surface area contributed by atoms with Crippen molar-refractivity contribution in [2.75, 3.05) is 23.7 Å². The van der Waals surface area contributed by atoms with Crippen LogP contribution in [0.2, 0.25) is 0 Å². The van der Waals surface area contributed by atoms with Crippen molar-refractivity contribution in [3.8, 4) is 5.69 Å². The summed E-state index contributed by atoms with van der Waals surface area (Å²) < 4.78 is 2.63. The zero-order valence-corrected chi connectivity index (χ0v) is 22.8. The van der Waals surface area contributed by atoms with E-state index in [1.807, 2.05) is 75.4 Å². The van der Waals surface area contributed by atoms with E-state index in [2.05, 4.69) is 47.3 Å². The fourth-order valence-corrected chi connectivity index (χ4v) is 4.01. The Hall–Kier alpha value is -3.13. The standard InChI is InChI=1S/C27H34BrN5O2/c1-18(2)16-32(26(35)29-21-12-9-11-20(28)14-21)17-25(34)30-24-15-23(27(4,5)6)31-33(24)22-13-8-7-10-19(22)3/h7-15,18H,16-17H2,1-6H3,(H,29,35)(H,30,34). The molecule has 186 valence electrons. The van der Waals surface area contributed by atoms with Crippen LogP contribution >= 0.6 is 15.9 Å². The van der Waals surface area contributed by atoms with Gasteiger partial charge in [0, 0.05) is 28.2 Å². The summed E-state index contributed by atoms with van der Waals surface area (Å²) in [6.45, 7) is 12.6. The molecule has 1 aromatic heterocycles. The summed E-state index contributed by atoms with van der Waals surface area (Å²) in [5.41, 5.74) is 3.26. The molecule has 2 aromatic carbocycles. The Morgan fingerprint density at radius 3 is 2.40 bits per heavy atom. The van der Waals surface area contributed by atoms with Gasteiger partial charge in [0.05, 0.1) is 11.4 Å². The van der Waals surface area contributed by atoms with Gasteiger partial charge in [-0.3, -0.25) is 4.79 Å². The molecule has 0 aliphatic carbocycles. The largest absolute Gasteiger partial charge is 0.322 e. The second-order valence-electron chi connectivity index (χ2n) is 10.1. The Morgan fingerprint density at radius 2 is 1.77 bits per heavy atom. The number of carbonyl (C=O) groups is 2. The third-order valence-electron chi connectivity index (χ3n) is 5.37. The number of hydrogen-bond donors (Lipinski definition) is 2. The highest BCUT2D eigenvalue weighted by Gasteiger charge is 2.24. The molecule has 0 radical (unpaired) electrons. The quantitative estimate of drug-likeness (QED) is 0.366. The summed E-state index contributed by atoms with van der Waals surface area (Å²) in [7, 11) is 0. The number of para-hydroxylation sites is 1. The van der Waals surface area contributed by atoms with Crippen LogP contribution in [0.3, 0.4) is 0 Å².